The number of rotatable bonds is 9. The molecule has 0 spiro atoms. The van der Waals surface area contributed by atoms with Crippen molar-refractivity contribution >= 4 is 5.97 Å². The lowest BCUT2D eigenvalue weighted by Crippen LogP contribution is -2.09. The SMILES string of the molecule is C=CC(=O)OCCOCCCCOC. The molecule has 0 aliphatic carbocycles. The molecule has 0 fully saturated rings. The maximum Gasteiger partial charge on any atom is 0.330 e. The third-order valence-electron chi connectivity index (χ3n) is 1.53. The molecule has 0 aromatic rings. The highest BCUT2D eigenvalue weighted by atomic mass is 16.6. The molecule has 0 atom stereocenters. The number of carbonyl (C=O) groups is 1. The second-order valence-electron chi connectivity index (χ2n) is 2.68. The van der Waals surface area contributed by atoms with Crippen molar-refractivity contribution in [2.75, 3.05) is 33.5 Å². The number of carbonyl (C=O) groups excluding carboxylic acids is 1. The Labute approximate surface area is 84.8 Å². The van der Waals surface area contributed by atoms with Crippen molar-refractivity contribution in [2.24, 2.45) is 0 Å². The van der Waals surface area contributed by atoms with E-state index >= 15 is 0 Å². The second-order valence-corrected chi connectivity index (χ2v) is 2.68. The van der Waals surface area contributed by atoms with Gasteiger partial charge in [-0.3, -0.25) is 0 Å². The summed E-state index contributed by atoms with van der Waals surface area (Å²) in [5.74, 6) is -0.409. The van der Waals surface area contributed by atoms with Gasteiger partial charge >= 0.3 is 5.97 Å². The van der Waals surface area contributed by atoms with Gasteiger partial charge in [0.1, 0.15) is 6.61 Å². The molecule has 0 saturated carbocycles. The maximum atomic E-state index is 10.6. The average molecular weight is 202 g/mol. The minimum absolute atomic E-state index is 0.287. The minimum atomic E-state index is -0.409. The van der Waals surface area contributed by atoms with Gasteiger partial charge in [0.2, 0.25) is 0 Å². The first kappa shape index (κ1) is 13.1. The van der Waals surface area contributed by atoms with Crippen LogP contribution in [0.2, 0.25) is 0 Å². The summed E-state index contributed by atoms with van der Waals surface area (Å²) < 4.78 is 14.8. The summed E-state index contributed by atoms with van der Waals surface area (Å²) in [6, 6.07) is 0. The van der Waals surface area contributed by atoms with Crippen LogP contribution in [-0.4, -0.2) is 39.5 Å². The van der Waals surface area contributed by atoms with Gasteiger partial charge in [-0.25, -0.2) is 4.79 Å². The standard InChI is InChI=1S/C10H18O4/c1-3-10(11)14-9-8-13-7-5-4-6-12-2/h3H,1,4-9H2,2H3. The highest BCUT2D eigenvalue weighted by molar-refractivity contribution is 5.81. The van der Waals surface area contributed by atoms with Crippen LogP contribution in [0.25, 0.3) is 0 Å². The first-order valence-electron chi connectivity index (χ1n) is 4.67. The number of methoxy groups -OCH3 is 1. The Bertz CT molecular complexity index is 156. The fraction of sp³-hybridized carbons (Fsp3) is 0.700. The Hall–Kier alpha value is -0.870. The van der Waals surface area contributed by atoms with Crippen LogP contribution in [0, 0.1) is 0 Å². The van der Waals surface area contributed by atoms with Crippen LogP contribution in [0.1, 0.15) is 12.8 Å². The molecule has 0 aromatic carbocycles. The van der Waals surface area contributed by atoms with Crippen molar-refractivity contribution in [2.45, 2.75) is 12.8 Å². The summed E-state index contributed by atoms with van der Waals surface area (Å²) in [4.78, 5) is 10.6. The van der Waals surface area contributed by atoms with Gasteiger partial charge in [0.25, 0.3) is 0 Å². The zero-order valence-corrected chi connectivity index (χ0v) is 8.66. The van der Waals surface area contributed by atoms with E-state index in [0.29, 0.717) is 13.2 Å². The first-order valence-corrected chi connectivity index (χ1v) is 4.67. The van der Waals surface area contributed by atoms with Crippen LogP contribution >= 0.6 is 0 Å². The minimum Gasteiger partial charge on any atom is -0.460 e. The second kappa shape index (κ2) is 10.2. The molecule has 4 nitrogen and oxygen atoms in total. The summed E-state index contributed by atoms with van der Waals surface area (Å²) in [6.45, 7) is 5.44. The normalized spacial score (nSPS) is 9.79. The van der Waals surface area contributed by atoms with E-state index in [2.05, 4.69) is 6.58 Å². The molecule has 82 valence electrons. The van der Waals surface area contributed by atoms with Gasteiger partial charge in [-0.2, -0.15) is 0 Å². The number of ether oxygens (including phenoxy) is 3. The van der Waals surface area contributed by atoms with Gasteiger partial charge in [0, 0.05) is 26.4 Å². The van der Waals surface area contributed by atoms with Crippen molar-refractivity contribution in [3.8, 4) is 0 Å². The third-order valence-corrected chi connectivity index (χ3v) is 1.53. The molecule has 0 N–H and O–H groups in total. The Balaban J connectivity index is 2.99. The van der Waals surface area contributed by atoms with E-state index in [1.807, 2.05) is 0 Å². The summed E-state index contributed by atoms with van der Waals surface area (Å²) in [5, 5.41) is 0. The smallest absolute Gasteiger partial charge is 0.330 e. The molecule has 0 rings (SSSR count). The quantitative estimate of drug-likeness (QED) is 0.320. The maximum absolute atomic E-state index is 10.6. The molecule has 0 unspecified atom stereocenters. The summed E-state index contributed by atoms with van der Waals surface area (Å²) in [7, 11) is 1.68. The van der Waals surface area contributed by atoms with E-state index in [1.165, 1.54) is 0 Å². The van der Waals surface area contributed by atoms with E-state index in [4.69, 9.17) is 14.2 Å². The van der Waals surface area contributed by atoms with Crippen molar-refractivity contribution in [3.63, 3.8) is 0 Å². The van der Waals surface area contributed by atoms with E-state index < -0.39 is 5.97 Å². The van der Waals surface area contributed by atoms with Crippen LogP contribution in [0.4, 0.5) is 0 Å². The van der Waals surface area contributed by atoms with Crippen molar-refractivity contribution < 1.29 is 19.0 Å². The largest absolute Gasteiger partial charge is 0.460 e. The summed E-state index contributed by atoms with van der Waals surface area (Å²) in [5.41, 5.74) is 0. The van der Waals surface area contributed by atoms with Crippen molar-refractivity contribution in [3.05, 3.63) is 12.7 Å². The highest BCUT2D eigenvalue weighted by Crippen LogP contribution is 1.90. The average Bonchev–Trinajstić information content (AvgIpc) is 2.21. The molecule has 0 amide bonds. The molecule has 0 aliphatic rings. The first-order chi connectivity index (χ1) is 6.81. The van der Waals surface area contributed by atoms with Crippen LogP contribution in [-0.2, 0) is 19.0 Å². The summed E-state index contributed by atoms with van der Waals surface area (Å²) >= 11 is 0. The molecule has 0 radical (unpaired) electrons. The predicted octanol–water partition coefficient (Wildman–Crippen LogP) is 1.16. The molecule has 0 bridgehead atoms. The van der Waals surface area contributed by atoms with E-state index in [9.17, 15) is 4.79 Å². The van der Waals surface area contributed by atoms with Gasteiger partial charge in [-0.1, -0.05) is 6.58 Å². The lowest BCUT2D eigenvalue weighted by Gasteiger charge is -2.04. The fourth-order valence-corrected chi connectivity index (χ4v) is 0.813. The zero-order chi connectivity index (χ0) is 10.6. The third kappa shape index (κ3) is 9.22. The monoisotopic (exact) mass is 202 g/mol. The number of hydrogen-bond donors (Lipinski definition) is 0. The fourth-order valence-electron chi connectivity index (χ4n) is 0.813. The Morgan fingerprint density at radius 1 is 1.21 bits per heavy atom. The topological polar surface area (TPSA) is 44.8 Å². The van der Waals surface area contributed by atoms with E-state index in [-0.39, 0.29) is 6.61 Å². The van der Waals surface area contributed by atoms with E-state index in [1.54, 1.807) is 7.11 Å². The van der Waals surface area contributed by atoms with Crippen LogP contribution in [0.15, 0.2) is 12.7 Å². The molecule has 4 heteroatoms. The van der Waals surface area contributed by atoms with Gasteiger partial charge in [-0.05, 0) is 12.8 Å². The van der Waals surface area contributed by atoms with Gasteiger partial charge in [0.05, 0.1) is 6.61 Å². The Kier molecular flexibility index (Phi) is 9.58. The lowest BCUT2D eigenvalue weighted by molar-refractivity contribution is -0.139. The van der Waals surface area contributed by atoms with Crippen molar-refractivity contribution in [1.29, 1.82) is 0 Å². The number of hydrogen-bond acceptors (Lipinski definition) is 4. The molecule has 0 saturated heterocycles. The van der Waals surface area contributed by atoms with Gasteiger partial charge in [-0.15, -0.1) is 0 Å². The molecular formula is C10H18O4. The highest BCUT2D eigenvalue weighted by Gasteiger charge is 1.94. The molecule has 0 heterocycles. The predicted molar refractivity (Wildman–Crippen MR) is 53.1 cm³/mol. The Morgan fingerprint density at radius 3 is 2.57 bits per heavy atom. The van der Waals surface area contributed by atoms with Crippen LogP contribution in [0.3, 0.4) is 0 Å². The van der Waals surface area contributed by atoms with Gasteiger partial charge < -0.3 is 14.2 Å². The van der Waals surface area contributed by atoms with Gasteiger partial charge in [0.15, 0.2) is 0 Å². The molecule has 0 aliphatic heterocycles. The molecule has 14 heavy (non-hydrogen) atoms. The lowest BCUT2D eigenvalue weighted by atomic mass is 10.3. The van der Waals surface area contributed by atoms with Crippen molar-refractivity contribution in [1.82, 2.24) is 0 Å². The molecular weight excluding hydrogens is 184 g/mol. The van der Waals surface area contributed by atoms with Crippen LogP contribution in [0.5, 0.6) is 0 Å². The number of unbranched alkanes of at least 4 members (excludes halogenated alkanes) is 1. The summed E-state index contributed by atoms with van der Waals surface area (Å²) in [6.07, 6.45) is 3.09. The zero-order valence-electron chi connectivity index (χ0n) is 8.66. The Morgan fingerprint density at radius 2 is 1.93 bits per heavy atom. The molecule has 0 aromatic heterocycles. The number of esters is 1. The van der Waals surface area contributed by atoms with E-state index in [0.717, 1.165) is 25.5 Å². The van der Waals surface area contributed by atoms with Crippen LogP contribution < -0.4 is 0 Å².